The van der Waals surface area contributed by atoms with Gasteiger partial charge in [-0.2, -0.15) is 0 Å². The Morgan fingerprint density at radius 2 is 1.88 bits per heavy atom. The van der Waals surface area contributed by atoms with Crippen molar-refractivity contribution < 1.29 is 18.1 Å². The molecule has 0 aliphatic rings. The van der Waals surface area contributed by atoms with Crippen LogP contribution in [-0.2, 0) is 16.3 Å². The van der Waals surface area contributed by atoms with Gasteiger partial charge in [0.15, 0.2) is 14.9 Å². The SMILES string of the molecule is COc1ccc(CCNc2nc(S(C)(=O)=O)ccc2[N+](=O)[O-])cc1. The molecule has 0 amide bonds. The third-order valence-corrected chi connectivity index (χ3v) is 4.28. The summed E-state index contributed by atoms with van der Waals surface area (Å²) in [6.07, 6.45) is 1.59. The fourth-order valence-electron chi connectivity index (χ4n) is 2.04. The summed E-state index contributed by atoms with van der Waals surface area (Å²) in [5, 5.41) is 13.7. The van der Waals surface area contributed by atoms with Gasteiger partial charge < -0.3 is 10.1 Å². The van der Waals surface area contributed by atoms with Gasteiger partial charge in [-0.1, -0.05) is 12.1 Å². The van der Waals surface area contributed by atoms with Crippen LogP contribution < -0.4 is 10.1 Å². The van der Waals surface area contributed by atoms with E-state index in [1.54, 1.807) is 7.11 Å². The van der Waals surface area contributed by atoms with Crippen LogP contribution in [0.4, 0.5) is 11.5 Å². The maximum Gasteiger partial charge on any atom is 0.311 e. The number of benzene rings is 1. The predicted molar refractivity (Wildman–Crippen MR) is 89.2 cm³/mol. The van der Waals surface area contributed by atoms with Gasteiger partial charge in [-0.25, -0.2) is 13.4 Å². The highest BCUT2D eigenvalue weighted by Gasteiger charge is 2.19. The average molecular weight is 351 g/mol. The number of aromatic nitrogens is 1. The quantitative estimate of drug-likeness (QED) is 0.600. The standard InChI is InChI=1S/C15H17N3O5S/c1-23-12-5-3-11(4-6-12)9-10-16-15-13(18(19)20)7-8-14(17-15)24(2,21)22/h3-8H,9-10H2,1-2H3,(H,16,17). The summed E-state index contributed by atoms with van der Waals surface area (Å²) >= 11 is 0. The fraction of sp³-hybridized carbons (Fsp3) is 0.267. The summed E-state index contributed by atoms with van der Waals surface area (Å²) in [7, 11) is -1.96. The summed E-state index contributed by atoms with van der Waals surface area (Å²) in [6, 6.07) is 9.67. The predicted octanol–water partition coefficient (Wildman–Crippen LogP) is 2.06. The number of hydrogen-bond donors (Lipinski definition) is 1. The smallest absolute Gasteiger partial charge is 0.311 e. The first-order valence-corrected chi connectivity index (χ1v) is 8.92. The van der Waals surface area contributed by atoms with Gasteiger partial charge in [0, 0.05) is 18.9 Å². The minimum absolute atomic E-state index is 0.0589. The molecule has 0 radical (unpaired) electrons. The zero-order valence-electron chi connectivity index (χ0n) is 13.2. The van der Waals surface area contributed by atoms with Gasteiger partial charge in [-0.05, 0) is 30.2 Å². The number of sulfone groups is 1. The lowest BCUT2D eigenvalue weighted by Gasteiger charge is -2.08. The molecule has 0 saturated heterocycles. The minimum Gasteiger partial charge on any atom is -0.497 e. The molecule has 0 spiro atoms. The fourth-order valence-corrected chi connectivity index (χ4v) is 2.61. The molecule has 0 saturated carbocycles. The zero-order valence-corrected chi connectivity index (χ0v) is 14.0. The maximum atomic E-state index is 11.5. The molecule has 1 heterocycles. The highest BCUT2D eigenvalue weighted by atomic mass is 32.2. The number of hydrogen-bond acceptors (Lipinski definition) is 7. The molecule has 0 fully saturated rings. The molecule has 1 aromatic carbocycles. The molecule has 0 unspecified atom stereocenters. The van der Waals surface area contributed by atoms with Gasteiger partial charge in [-0.3, -0.25) is 10.1 Å². The van der Waals surface area contributed by atoms with E-state index in [9.17, 15) is 18.5 Å². The summed E-state index contributed by atoms with van der Waals surface area (Å²) in [4.78, 5) is 14.3. The Balaban J connectivity index is 2.13. The molecule has 1 aromatic heterocycles. The van der Waals surface area contributed by atoms with E-state index >= 15 is 0 Å². The van der Waals surface area contributed by atoms with Crippen LogP contribution in [0.1, 0.15) is 5.56 Å². The van der Waals surface area contributed by atoms with Crippen LogP contribution >= 0.6 is 0 Å². The number of rotatable bonds is 7. The van der Waals surface area contributed by atoms with Crippen molar-refractivity contribution in [3.05, 3.63) is 52.1 Å². The van der Waals surface area contributed by atoms with E-state index < -0.39 is 14.8 Å². The number of nitrogens with one attached hydrogen (secondary N) is 1. The van der Waals surface area contributed by atoms with Gasteiger partial charge in [0.05, 0.1) is 12.0 Å². The number of anilines is 1. The summed E-state index contributed by atoms with van der Waals surface area (Å²) in [6.45, 7) is 0.368. The van der Waals surface area contributed by atoms with E-state index in [1.165, 1.54) is 0 Å². The summed E-state index contributed by atoms with van der Waals surface area (Å²) < 4.78 is 28.2. The van der Waals surface area contributed by atoms with Gasteiger partial charge in [0.25, 0.3) is 0 Å². The van der Waals surface area contributed by atoms with Crippen LogP contribution in [0, 0.1) is 10.1 Å². The zero-order chi connectivity index (χ0) is 17.7. The molecule has 0 aliphatic heterocycles. The molecular formula is C15H17N3O5S. The molecule has 2 aromatic rings. The number of nitro groups is 1. The van der Waals surface area contributed by atoms with Gasteiger partial charge >= 0.3 is 5.69 Å². The van der Waals surface area contributed by atoms with E-state index in [-0.39, 0.29) is 16.5 Å². The van der Waals surface area contributed by atoms with E-state index in [4.69, 9.17) is 4.74 Å². The van der Waals surface area contributed by atoms with Crippen molar-refractivity contribution in [3.63, 3.8) is 0 Å². The lowest BCUT2D eigenvalue weighted by Crippen LogP contribution is -2.11. The number of nitrogens with zero attached hydrogens (tertiary/aromatic N) is 2. The molecule has 9 heteroatoms. The Kier molecular flexibility index (Phi) is 5.35. The van der Waals surface area contributed by atoms with Crippen molar-refractivity contribution in [2.45, 2.75) is 11.4 Å². The van der Waals surface area contributed by atoms with Crippen molar-refractivity contribution in [2.75, 3.05) is 25.2 Å². The first-order chi connectivity index (χ1) is 11.3. The van der Waals surface area contributed by atoms with Crippen LogP contribution in [0.2, 0.25) is 0 Å². The van der Waals surface area contributed by atoms with Crippen molar-refractivity contribution in [1.82, 2.24) is 4.98 Å². The lowest BCUT2D eigenvalue weighted by atomic mass is 10.1. The Bertz CT molecular complexity index is 835. The number of methoxy groups -OCH3 is 1. The molecule has 0 atom stereocenters. The summed E-state index contributed by atoms with van der Waals surface area (Å²) in [5.41, 5.74) is 0.738. The Morgan fingerprint density at radius 1 is 1.21 bits per heavy atom. The molecule has 2 rings (SSSR count). The van der Waals surface area contributed by atoms with Crippen molar-refractivity contribution in [2.24, 2.45) is 0 Å². The van der Waals surface area contributed by atoms with Crippen LogP contribution in [0.3, 0.4) is 0 Å². The number of pyridine rings is 1. The topological polar surface area (TPSA) is 111 Å². The normalized spacial score (nSPS) is 11.1. The molecule has 0 aliphatic carbocycles. The first-order valence-electron chi connectivity index (χ1n) is 7.03. The molecular weight excluding hydrogens is 334 g/mol. The molecule has 24 heavy (non-hydrogen) atoms. The third kappa shape index (κ3) is 4.42. The van der Waals surface area contributed by atoms with Crippen molar-refractivity contribution >= 4 is 21.3 Å². The average Bonchev–Trinajstić information content (AvgIpc) is 2.54. The minimum atomic E-state index is -3.54. The molecule has 0 bridgehead atoms. The first kappa shape index (κ1) is 17.7. The van der Waals surface area contributed by atoms with Crippen molar-refractivity contribution in [1.29, 1.82) is 0 Å². The van der Waals surface area contributed by atoms with Crippen LogP contribution in [0.5, 0.6) is 5.75 Å². The van der Waals surface area contributed by atoms with Gasteiger partial charge in [-0.15, -0.1) is 0 Å². The second-order valence-corrected chi connectivity index (χ2v) is 7.03. The second-order valence-electron chi connectivity index (χ2n) is 5.07. The second kappa shape index (κ2) is 7.26. The molecule has 8 nitrogen and oxygen atoms in total. The van der Waals surface area contributed by atoms with Gasteiger partial charge in [0.2, 0.25) is 5.82 Å². The largest absolute Gasteiger partial charge is 0.497 e. The highest BCUT2D eigenvalue weighted by molar-refractivity contribution is 7.90. The van der Waals surface area contributed by atoms with Crippen molar-refractivity contribution in [3.8, 4) is 5.75 Å². The monoisotopic (exact) mass is 351 g/mol. The number of ether oxygens (including phenoxy) is 1. The van der Waals surface area contributed by atoms with E-state index in [0.29, 0.717) is 13.0 Å². The lowest BCUT2D eigenvalue weighted by molar-refractivity contribution is -0.384. The van der Waals surface area contributed by atoms with Crippen LogP contribution in [0.15, 0.2) is 41.4 Å². The van der Waals surface area contributed by atoms with E-state index in [2.05, 4.69) is 10.3 Å². The Morgan fingerprint density at radius 3 is 2.42 bits per heavy atom. The van der Waals surface area contributed by atoms with Gasteiger partial charge in [0.1, 0.15) is 5.75 Å². The van der Waals surface area contributed by atoms with E-state index in [1.807, 2.05) is 24.3 Å². The van der Waals surface area contributed by atoms with Crippen LogP contribution in [0.25, 0.3) is 0 Å². The Hall–Kier alpha value is -2.68. The maximum absolute atomic E-state index is 11.5. The molecule has 1 N–H and O–H groups in total. The van der Waals surface area contributed by atoms with E-state index in [0.717, 1.165) is 29.7 Å². The molecule has 128 valence electrons. The summed E-state index contributed by atoms with van der Waals surface area (Å²) in [5.74, 6) is 0.682. The van der Waals surface area contributed by atoms with Crippen LogP contribution in [-0.4, -0.2) is 38.2 Å². The highest BCUT2D eigenvalue weighted by Crippen LogP contribution is 2.24. The third-order valence-electron chi connectivity index (χ3n) is 3.29. The Labute approximate surface area is 139 Å².